The van der Waals surface area contributed by atoms with E-state index in [1.54, 1.807) is 22.3 Å². The molecule has 0 aromatic heterocycles. The topological polar surface area (TPSA) is 0 Å². The molecule has 0 spiro atoms. The van der Waals surface area contributed by atoms with Crippen LogP contribution in [0.2, 0.25) is 7.35 Å². The minimum atomic E-state index is -3.29. The quantitative estimate of drug-likeness (QED) is 0.125. The van der Waals surface area contributed by atoms with Crippen LogP contribution in [0.3, 0.4) is 0 Å². The third-order valence-electron chi connectivity index (χ3n) is 13.1. The van der Waals surface area contributed by atoms with Crippen molar-refractivity contribution in [1.82, 2.24) is 0 Å². The molecule has 0 N–H and O–H groups in total. The van der Waals surface area contributed by atoms with E-state index >= 15 is 0 Å². The minimum absolute atomic E-state index is 0. The van der Waals surface area contributed by atoms with Crippen LogP contribution in [-0.4, -0.2) is 0 Å². The Morgan fingerprint density at radius 2 is 0.943 bits per heavy atom. The van der Waals surface area contributed by atoms with Gasteiger partial charge in [0.25, 0.3) is 0 Å². The molecule has 4 unspecified atom stereocenters. The number of halogens is 2. The maximum atomic E-state index is 2.75. The van der Waals surface area contributed by atoms with Crippen LogP contribution in [0.15, 0.2) is 96.1 Å². The average Bonchev–Trinajstić information content (AvgIpc) is 3.40. The Morgan fingerprint density at radius 1 is 0.547 bits per heavy atom. The van der Waals surface area contributed by atoms with Crippen molar-refractivity contribution < 1.29 is 44.8 Å². The Kier molecular flexibility index (Phi) is 12.9. The van der Waals surface area contributed by atoms with Crippen LogP contribution in [0.1, 0.15) is 134 Å². The van der Waals surface area contributed by atoms with Crippen molar-refractivity contribution in [2.45, 2.75) is 120 Å². The monoisotopic (exact) mass is 910 g/mol. The van der Waals surface area contributed by atoms with E-state index < -0.39 is 20.0 Å². The van der Waals surface area contributed by atoms with E-state index in [1.807, 2.05) is 11.1 Å². The van der Waals surface area contributed by atoms with Crippen LogP contribution in [-0.2, 0) is 32.8 Å². The SMILES string of the molecule is CCCc1ccc(-c2cccc3c2C=C(CC(C)C)[CH]3[Hf+2]2([CH]3C(CC(C)C)=Cc4c(-c5ccc(CCC)cc5)cccc43)[CH]3CCCC[CH]32)cc1.[Cl-].[Cl-]. The average molecular weight is 910 g/mol. The van der Waals surface area contributed by atoms with Gasteiger partial charge in [-0.1, -0.05) is 0 Å². The molecule has 4 aromatic rings. The largest absolute Gasteiger partial charge is 1.00 e. The third-order valence-corrected chi connectivity index (χ3v) is 38.0. The summed E-state index contributed by atoms with van der Waals surface area (Å²) in [6.07, 6.45) is 18.6. The van der Waals surface area contributed by atoms with Crippen molar-refractivity contribution in [1.29, 1.82) is 0 Å². The molecule has 1 saturated carbocycles. The Morgan fingerprint density at radius 3 is 1.30 bits per heavy atom. The molecular formula is C50H60Cl2Hf. The summed E-state index contributed by atoms with van der Waals surface area (Å²) in [6, 6.07) is 34.1. The second kappa shape index (κ2) is 16.9. The van der Waals surface area contributed by atoms with Crippen molar-refractivity contribution in [3.05, 3.63) is 129 Å². The molecule has 3 heteroatoms. The molecule has 4 aromatic carbocycles. The molecule has 4 atom stereocenters. The van der Waals surface area contributed by atoms with Crippen molar-refractivity contribution in [3.63, 3.8) is 0 Å². The van der Waals surface area contributed by atoms with Gasteiger partial charge in [-0.3, -0.25) is 0 Å². The van der Waals surface area contributed by atoms with Gasteiger partial charge in [-0.05, 0) is 0 Å². The molecule has 8 rings (SSSR count). The molecule has 0 bridgehead atoms. The molecule has 0 amide bonds. The zero-order valence-corrected chi connectivity index (χ0v) is 38.1. The smallest absolute Gasteiger partial charge is 1.00 e. The Balaban J connectivity index is 0.00000240. The maximum Gasteiger partial charge on any atom is -1.00 e. The van der Waals surface area contributed by atoms with E-state index in [1.165, 1.54) is 84.7 Å². The Bertz CT molecular complexity index is 1800. The first-order valence-corrected chi connectivity index (χ1v) is 29.0. The molecule has 278 valence electrons. The first-order valence-electron chi connectivity index (χ1n) is 20.7. The third kappa shape index (κ3) is 7.31. The summed E-state index contributed by atoms with van der Waals surface area (Å²) in [7, 11) is 0. The van der Waals surface area contributed by atoms with Gasteiger partial charge in [-0.2, -0.15) is 0 Å². The molecule has 0 radical (unpaired) electrons. The second-order valence-electron chi connectivity index (χ2n) is 17.5. The zero-order chi connectivity index (χ0) is 35.3. The molecular weight excluding hydrogens is 850 g/mol. The number of fused-ring (bicyclic) bond motifs is 3. The summed E-state index contributed by atoms with van der Waals surface area (Å²) in [4.78, 5) is 0. The van der Waals surface area contributed by atoms with Crippen LogP contribution >= 0.6 is 0 Å². The molecule has 4 aliphatic rings. The van der Waals surface area contributed by atoms with Crippen molar-refractivity contribution in [3.8, 4) is 22.3 Å². The summed E-state index contributed by atoms with van der Waals surface area (Å²) >= 11 is -3.29. The van der Waals surface area contributed by atoms with Gasteiger partial charge in [-0.15, -0.1) is 0 Å². The number of hydrogen-bond donors (Lipinski definition) is 0. The molecule has 2 fully saturated rings. The molecule has 53 heavy (non-hydrogen) atoms. The van der Waals surface area contributed by atoms with Gasteiger partial charge in [-0.25, -0.2) is 0 Å². The van der Waals surface area contributed by atoms with Gasteiger partial charge in [0, 0.05) is 0 Å². The molecule has 1 saturated heterocycles. The number of allylic oxidation sites excluding steroid dienone is 2. The van der Waals surface area contributed by atoms with Gasteiger partial charge in [0.2, 0.25) is 0 Å². The Labute approximate surface area is 338 Å². The summed E-state index contributed by atoms with van der Waals surface area (Å²) in [5.41, 5.74) is 18.8. The molecule has 1 heterocycles. The van der Waals surface area contributed by atoms with E-state index in [4.69, 9.17) is 0 Å². The maximum absolute atomic E-state index is 3.29. The predicted molar refractivity (Wildman–Crippen MR) is 218 cm³/mol. The number of aryl methyl sites for hydroxylation is 2. The van der Waals surface area contributed by atoms with Crippen LogP contribution in [0.4, 0.5) is 0 Å². The Hall–Kier alpha value is -2.19. The predicted octanol–water partition coefficient (Wildman–Crippen LogP) is 8.92. The van der Waals surface area contributed by atoms with E-state index in [0.29, 0.717) is 19.2 Å². The number of rotatable bonds is 12. The van der Waals surface area contributed by atoms with Crippen molar-refractivity contribution >= 4 is 12.2 Å². The van der Waals surface area contributed by atoms with Crippen molar-refractivity contribution in [2.24, 2.45) is 11.8 Å². The fourth-order valence-corrected chi connectivity index (χ4v) is 46.7. The fourth-order valence-electron chi connectivity index (χ4n) is 11.4. The van der Waals surface area contributed by atoms with E-state index in [-0.39, 0.29) is 24.8 Å². The molecule has 1 aliphatic heterocycles. The summed E-state index contributed by atoms with van der Waals surface area (Å²) in [5.74, 6) is 1.33. The standard InChI is InChI=1S/2C22H25.C6H10.2ClH.Hf/c2*1-4-6-17-9-11-19(12-10-17)21-8-5-7-20-14-18(13-16(2)3)15-22(20)21;1-2-4-6-5-3-1;;;/h2*5,7-12,14-16H,4,6,13H2,1-3H3;1-2H,3-6H2;2*1H;/q;;;;;+2/p-2. The molecule has 0 nitrogen and oxygen atoms in total. The number of benzene rings is 4. The van der Waals surface area contributed by atoms with Gasteiger partial charge >= 0.3 is 316 Å². The van der Waals surface area contributed by atoms with Gasteiger partial charge in [0.1, 0.15) is 0 Å². The van der Waals surface area contributed by atoms with Crippen LogP contribution in [0.5, 0.6) is 0 Å². The number of hydrogen-bond acceptors (Lipinski definition) is 0. The normalized spacial score (nSPS) is 22.6. The fraction of sp³-hybridized carbons (Fsp3) is 0.440. The van der Waals surface area contributed by atoms with E-state index in [0.717, 1.165) is 20.2 Å². The minimum Gasteiger partial charge on any atom is -1.00 e. The van der Waals surface area contributed by atoms with E-state index in [9.17, 15) is 0 Å². The first kappa shape index (κ1) is 40.5. The second-order valence-corrected chi connectivity index (χ2v) is 34.2. The van der Waals surface area contributed by atoms with Gasteiger partial charge in [0.05, 0.1) is 0 Å². The van der Waals surface area contributed by atoms with E-state index in [2.05, 4.69) is 139 Å². The first-order chi connectivity index (χ1) is 24.8. The van der Waals surface area contributed by atoms with Gasteiger partial charge < -0.3 is 24.8 Å². The van der Waals surface area contributed by atoms with Crippen LogP contribution in [0.25, 0.3) is 34.4 Å². The summed E-state index contributed by atoms with van der Waals surface area (Å²) in [6.45, 7) is 14.4. The summed E-state index contributed by atoms with van der Waals surface area (Å²) in [5, 5.41) is 0. The van der Waals surface area contributed by atoms with Gasteiger partial charge in [0.15, 0.2) is 0 Å². The zero-order valence-electron chi connectivity index (χ0n) is 33.0. The molecule has 3 aliphatic carbocycles. The van der Waals surface area contributed by atoms with Crippen LogP contribution in [0, 0.1) is 11.8 Å². The van der Waals surface area contributed by atoms with Crippen LogP contribution < -0.4 is 24.8 Å². The summed E-state index contributed by atoms with van der Waals surface area (Å²) < 4.78 is 3.42. The van der Waals surface area contributed by atoms with Crippen molar-refractivity contribution in [2.75, 3.05) is 0 Å².